The van der Waals surface area contributed by atoms with Crippen molar-refractivity contribution in [2.24, 2.45) is 0 Å². The fraction of sp³-hybridized carbons (Fsp3) is 0.333. The van der Waals surface area contributed by atoms with Gasteiger partial charge in [0.2, 0.25) is 15.9 Å². The van der Waals surface area contributed by atoms with Gasteiger partial charge in [0.25, 0.3) is 0 Å². The number of carboxylic acid groups (broad SMARTS) is 1. The van der Waals surface area contributed by atoms with Gasteiger partial charge in [0, 0.05) is 24.6 Å². The number of carboxylic acids is 1. The lowest BCUT2D eigenvalue weighted by Crippen LogP contribution is -2.40. The van der Waals surface area contributed by atoms with E-state index in [0.29, 0.717) is 36.7 Å². The molecule has 0 amide bonds. The first-order valence-corrected chi connectivity index (χ1v) is 12.3. The fourth-order valence-corrected chi connectivity index (χ4v) is 5.63. The molecular formula is C24H26N2O7S. The summed E-state index contributed by atoms with van der Waals surface area (Å²) in [5, 5.41) is 9.35. The summed E-state index contributed by atoms with van der Waals surface area (Å²) in [5.74, 6) is 0.721. The van der Waals surface area contributed by atoms with Crippen molar-refractivity contribution in [3.63, 3.8) is 0 Å². The van der Waals surface area contributed by atoms with Gasteiger partial charge < -0.3 is 19.0 Å². The maximum Gasteiger partial charge on any atom is 0.322 e. The topological polar surface area (TPSA) is 119 Å². The van der Waals surface area contributed by atoms with E-state index in [4.69, 9.17) is 13.9 Å². The predicted octanol–water partition coefficient (Wildman–Crippen LogP) is 3.52. The molecule has 9 nitrogen and oxygen atoms in total. The third-order valence-corrected chi connectivity index (χ3v) is 7.64. The highest BCUT2D eigenvalue weighted by Crippen LogP contribution is 2.33. The Hall–Kier alpha value is -3.37. The minimum Gasteiger partial charge on any atom is -0.493 e. The Bertz CT molecular complexity index is 1270. The zero-order valence-corrected chi connectivity index (χ0v) is 19.7. The first kappa shape index (κ1) is 23.8. The maximum atomic E-state index is 13.0. The van der Waals surface area contributed by atoms with E-state index in [1.807, 2.05) is 37.3 Å². The molecule has 1 aliphatic rings. The van der Waals surface area contributed by atoms with E-state index in [2.05, 4.69) is 4.98 Å². The van der Waals surface area contributed by atoms with Gasteiger partial charge in [-0.25, -0.2) is 13.4 Å². The van der Waals surface area contributed by atoms with E-state index < -0.39 is 22.0 Å². The average molecular weight is 487 g/mol. The Labute approximate surface area is 198 Å². The summed E-state index contributed by atoms with van der Waals surface area (Å²) in [4.78, 5) is 16.0. The molecule has 0 bridgehead atoms. The number of aliphatic carboxylic acids is 1. The summed E-state index contributed by atoms with van der Waals surface area (Å²) in [5.41, 5.74) is 1.66. The molecule has 0 radical (unpaired) electrons. The van der Waals surface area contributed by atoms with Crippen molar-refractivity contribution in [3.05, 3.63) is 60.0 Å². The maximum absolute atomic E-state index is 13.0. The molecule has 180 valence electrons. The number of oxazole rings is 1. The van der Waals surface area contributed by atoms with Gasteiger partial charge in [-0.15, -0.1) is 0 Å². The minimum atomic E-state index is -3.98. The van der Waals surface area contributed by atoms with Gasteiger partial charge in [0.15, 0.2) is 11.5 Å². The minimum absolute atomic E-state index is 0.0373. The Morgan fingerprint density at radius 1 is 1.21 bits per heavy atom. The average Bonchev–Trinajstić information content (AvgIpc) is 3.48. The summed E-state index contributed by atoms with van der Waals surface area (Å²) in [6.07, 6.45) is 1.28. The number of methoxy groups -OCH3 is 1. The Morgan fingerprint density at radius 3 is 2.68 bits per heavy atom. The van der Waals surface area contributed by atoms with Gasteiger partial charge >= 0.3 is 5.97 Å². The zero-order chi connectivity index (χ0) is 24.3. The Kier molecular flexibility index (Phi) is 6.90. The molecule has 1 N–H and O–H groups in total. The molecule has 1 aromatic heterocycles. The summed E-state index contributed by atoms with van der Waals surface area (Å²) in [7, 11) is -2.56. The van der Waals surface area contributed by atoms with Gasteiger partial charge in [-0.05, 0) is 44.0 Å². The molecule has 1 aliphatic heterocycles. The van der Waals surface area contributed by atoms with E-state index in [1.54, 1.807) is 0 Å². The second kappa shape index (κ2) is 9.86. The number of rotatable bonds is 9. The number of hydrogen-bond acceptors (Lipinski definition) is 7. The Morgan fingerprint density at radius 2 is 1.97 bits per heavy atom. The Balaban J connectivity index is 1.46. The van der Waals surface area contributed by atoms with Gasteiger partial charge in [-0.2, -0.15) is 4.31 Å². The molecular weight excluding hydrogens is 460 g/mol. The number of carbonyl (C=O) groups is 1. The van der Waals surface area contributed by atoms with Crippen molar-refractivity contribution in [1.82, 2.24) is 9.29 Å². The van der Waals surface area contributed by atoms with Crippen LogP contribution in [0.25, 0.3) is 11.5 Å². The molecule has 34 heavy (non-hydrogen) atoms. The van der Waals surface area contributed by atoms with Crippen molar-refractivity contribution in [2.75, 3.05) is 20.3 Å². The molecule has 2 heterocycles. The summed E-state index contributed by atoms with van der Waals surface area (Å²) in [6, 6.07) is 12.8. The van der Waals surface area contributed by atoms with Crippen LogP contribution in [0.1, 0.15) is 24.3 Å². The lowest BCUT2D eigenvalue weighted by Gasteiger charge is -2.21. The van der Waals surface area contributed by atoms with Crippen LogP contribution in [0.4, 0.5) is 0 Å². The fourth-order valence-electron chi connectivity index (χ4n) is 3.96. The van der Waals surface area contributed by atoms with Crippen LogP contribution in [0, 0.1) is 6.92 Å². The van der Waals surface area contributed by atoms with Crippen molar-refractivity contribution >= 4 is 16.0 Å². The molecule has 1 fully saturated rings. The molecule has 0 aliphatic carbocycles. The SMILES string of the molecule is COc1cc(S(=O)(=O)N2CCC[C@@H]2C(=O)O)ccc1OCCc1nc(-c2ccccc2)oc1C. The molecule has 10 heteroatoms. The molecule has 4 rings (SSSR count). The summed E-state index contributed by atoms with van der Waals surface area (Å²) in [6.45, 7) is 2.29. The molecule has 0 unspecified atom stereocenters. The lowest BCUT2D eigenvalue weighted by molar-refractivity contribution is -0.140. The number of aryl methyl sites for hydroxylation is 1. The molecule has 0 saturated carbocycles. The zero-order valence-electron chi connectivity index (χ0n) is 18.9. The number of hydrogen-bond donors (Lipinski definition) is 1. The summed E-state index contributed by atoms with van der Waals surface area (Å²) >= 11 is 0. The second-order valence-corrected chi connectivity index (χ2v) is 9.80. The monoisotopic (exact) mass is 486 g/mol. The highest BCUT2D eigenvalue weighted by Gasteiger charge is 2.39. The molecule has 1 saturated heterocycles. The highest BCUT2D eigenvalue weighted by molar-refractivity contribution is 7.89. The third kappa shape index (κ3) is 4.78. The predicted molar refractivity (Wildman–Crippen MR) is 123 cm³/mol. The quantitative estimate of drug-likeness (QED) is 0.488. The number of sulfonamides is 1. The van der Waals surface area contributed by atoms with E-state index in [1.165, 1.54) is 25.3 Å². The molecule has 1 atom stereocenters. The van der Waals surface area contributed by atoms with Crippen LogP contribution in [0.3, 0.4) is 0 Å². The van der Waals surface area contributed by atoms with Gasteiger partial charge in [0.05, 0.1) is 24.3 Å². The van der Waals surface area contributed by atoms with Crippen LogP contribution in [-0.2, 0) is 21.2 Å². The van der Waals surface area contributed by atoms with E-state index in [9.17, 15) is 18.3 Å². The number of nitrogens with zero attached hydrogens (tertiary/aromatic N) is 2. The number of benzene rings is 2. The summed E-state index contributed by atoms with van der Waals surface area (Å²) < 4.78 is 44.1. The number of aromatic nitrogens is 1. The van der Waals surface area contributed by atoms with E-state index in [-0.39, 0.29) is 23.8 Å². The first-order valence-electron chi connectivity index (χ1n) is 10.9. The van der Waals surface area contributed by atoms with Gasteiger partial charge in [0.1, 0.15) is 11.8 Å². The van der Waals surface area contributed by atoms with Crippen LogP contribution < -0.4 is 9.47 Å². The third-order valence-electron chi connectivity index (χ3n) is 5.74. The lowest BCUT2D eigenvalue weighted by atomic mass is 10.2. The van der Waals surface area contributed by atoms with Crippen LogP contribution in [0.15, 0.2) is 57.8 Å². The highest BCUT2D eigenvalue weighted by atomic mass is 32.2. The van der Waals surface area contributed by atoms with Gasteiger partial charge in [-0.1, -0.05) is 18.2 Å². The van der Waals surface area contributed by atoms with Crippen LogP contribution in [-0.4, -0.2) is 55.1 Å². The second-order valence-electron chi connectivity index (χ2n) is 7.91. The smallest absolute Gasteiger partial charge is 0.322 e. The first-order chi connectivity index (χ1) is 16.3. The van der Waals surface area contributed by atoms with Gasteiger partial charge in [-0.3, -0.25) is 4.79 Å². The standard InChI is InChI=1S/C24H26N2O7S/c1-16-19(25-23(33-16)17-7-4-3-5-8-17)12-14-32-21-11-10-18(15-22(21)31-2)34(29,30)26-13-6-9-20(26)24(27)28/h3-5,7-8,10-11,15,20H,6,9,12-14H2,1-2H3,(H,27,28)/t20-/m1/s1. The van der Waals surface area contributed by atoms with Crippen LogP contribution in [0.5, 0.6) is 11.5 Å². The molecule has 0 spiro atoms. The number of ether oxygens (including phenoxy) is 2. The van der Waals surface area contributed by atoms with Crippen molar-refractivity contribution in [2.45, 2.75) is 37.1 Å². The van der Waals surface area contributed by atoms with Crippen molar-refractivity contribution in [1.29, 1.82) is 0 Å². The van der Waals surface area contributed by atoms with E-state index in [0.717, 1.165) is 15.6 Å². The largest absolute Gasteiger partial charge is 0.493 e. The van der Waals surface area contributed by atoms with Crippen LogP contribution >= 0.6 is 0 Å². The molecule has 3 aromatic rings. The van der Waals surface area contributed by atoms with Crippen LogP contribution in [0.2, 0.25) is 0 Å². The molecule has 2 aromatic carbocycles. The van der Waals surface area contributed by atoms with E-state index >= 15 is 0 Å². The van der Waals surface area contributed by atoms with Crippen molar-refractivity contribution in [3.8, 4) is 23.0 Å². The van der Waals surface area contributed by atoms with Crippen molar-refractivity contribution < 1.29 is 32.2 Å². The normalized spacial score (nSPS) is 16.5.